The van der Waals surface area contributed by atoms with Crippen molar-refractivity contribution in [3.05, 3.63) is 83.3 Å². The fourth-order valence-electron chi connectivity index (χ4n) is 6.74. The molecule has 1 saturated heterocycles. The van der Waals surface area contributed by atoms with E-state index in [1.54, 1.807) is 19.1 Å². The van der Waals surface area contributed by atoms with E-state index >= 15 is 4.39 Å². The molecule has 0 radical (unpaired) electrons. The smallest absolute Gasteiger partial charge is 0.339 e. The zero-order chi connectivity index (χ0) is 35.1. The second kappa shape index (κ2) is 13.6. The molecule has 1 fully saturated rings. The van der Waals surface area contributed by atoms with Crippen molar-refractivity contribution < 1.29 is 28.1 Å². The van der Waals surface area contributed by atoms with Gasteiger partial charge < -0.3 is 23.8 Å². The Morgan fingerprint density at radius 2 is 1.80 bits per heavy atom. The van der Waals surface area contributed by atoms with Crippen LogP contribution in [0.4, 0.5) is 10.2 Å². The van der Waals surface area contributed by atoms with Crippen LogP contribution in [0.25, 0.3) is 28.0 Å². The van der Waals surface area contributed by atoms with E-state index in [-0.39, 0.29) is 17.5 Å². The number of fused-ring (bicyclic) bond motifs is 7. The number of esters is 1. The third-order valence-electron chi connectivity index (χ3n) is 9.46. The number of aromatic nitrogens is 2. The largest absolute Gasteiger partial charge is 0.490 e. The van der Waals surface area contributed by atoms with Gasteiger partial charge >= 0.3 is 5.97 Å². The van der Waals surface area contributed by atoms with Gasteiger partial charge in [0.05, 0.1) is 36.7 Å². The maximum absolute atomic E-state index is 15.0. The highest BCUT2D eigenvalue weighted by Gasteiger charge is 2.37. The van der Waals surface area contributed by atoms with Crippen molar-refractivity contribution >= 4 is 17.4 Å². The molecular weight excluding hydrogens is 621 g/mol. The van der Waals surface area contributed by atoms with Crippen LogP contribution >= 0.6 is 0 Å². The van der Waals surface area contributed by atoms with Crippen molar-refractivity contribution in [2.24, 2.45) is 0 Å². The predicted molar refractivity (Wildman–Crippen MR) is 191 cm³/mol. The number of carbonyl (C=O) groups excluding carboxylic acids is 1. The fraction of sp³-hybridized carbons (Fsp3) is 0.450. The molecule has 260 valence electrons. The lowest BCUT2D eigenvalue weighted by atomic mass is 9.92. The molecule has 0 saturated carbocycles. The minimum atomic E-state index is -0.948. The highest BCUT2D eigenvalue weighted by atomic mass is 19.1. The summed E-state index contributed by atoms with van der Waals surface area (Å²) in [5.41, 5.74) is 5.12. The molecule has 0 aliphatic carbocycles. The zero-order valence-corrected chi connectivity index (χ0v) is 29.9. The monoisotopic (exact) mass is 669 g/mol. The van der Waals surface area contributed by atoms with Gasteiger partial charge in [-0.05, 0) is 102 Å². The third kappa shape index (κ3) is 7.38. The molecule has 2 aromatic heterocycles. The van der Waals surface area contributed by atoms with Crippen LogP contribution in [0, 0.1) is 19.7 Å². The molecule has 2 aromatic carbocycles. The number of halogens is 1. The van der Waals surface area contributed by atoms with Crippen molar-refractivity contribution in [3.63, 3.8) is 0 Å². The number of rotatable bonds is 3. The van der Waals surface area contributed by atoms with E-state index in [2.05, 4.69) is 28.4 Å². The first kappa shape index (κ1) is 34.6. The van der Waals surface area contributed by atoms with Crippen LogP contribution < -0.4 is 9.64 Å². The molecule has 5 heterocycles. The number of aryl methyl sites for hydroxylation is 2. The van der Waals surface area contributed by atoms with Crippen molar-refractivity contribution in [2.45, 2.75) is 91.1 Å². The van der Waals surface area contributed by atoms with Gasteiger partial charge in [0.15, 0.2) is 6.10 Å². The number of hydrogen-bond acceptors (Lipinski definition) is 7. The Morgan fingerprint density at radius 1 is 1.06 bits per heavy atom. The first-order valence-electron chi connectivity index (χ1n) is 17.1. The molecule has 2 atom stereocenters. The second-order valence-corrected chi connectivity index (χ2v) is 14.6. The van der Waals surface area contributed by atoms with Crippen molar-refractivity contribution in [1.29, 1.82) is 0 Å². The number of carbonyl (C=O) groups is 1. The van der Waals surface area contributed by atoms with Gasteiger partial charge in [-0.25, -0.2) is 14.2 Å². The van der Waals surface area contributed by atoms with Gasteiger partial charge in [-0.2, -0.15) is 0 Å². The summed E-state index contributed by atoms with van der Waals surface area (Å²) in [6.07, 6.45) is 7.37. The highest BCUT2D eigenvalue weighted by Crippen LogP contribution is 2.41. The number of ether oxygens (including phenoxy) is 4. The van der Waals surface area contributed by atoms with E-state index < -0.39 is 17.7 Å². The Hall–Kier alpha value is -4.21. The predicted octanol–water partition coefficient (Wildman–Crippen LogP) is 8.56. The third-order valence-corrected chi connectivity index (χ3v) is 9.46. The summed E-state index contributed by atoms with van der Waals surface area (Å²) in [7, 11) is 1.39. The molecule has 49 heavy (non-hydrogen) atoms. The number of methoxy groups -OCH3 is 1. The van der Waals surface area contributed by atoms with Crippen LogP contribution in [0.1, 0.15) is 76.7 Å². The Balaban J connectivity index is 1.56. The number of piperidine rings is 1. The topological polar surface area (TPSA) is 74.5 Å². The van der Waals surface area contributed by atoms with E-state index in [1.165, 1.54) is 7.11 Å². The molecular formula is C40H48FN3O5. The van der Waals surface area contributed by atoms with Crippen molar-refractivity contribution in [3.8, 4) is 28.1 Å². The van der Waals surface area contributed by atoms with Gasteiger partial charge in [-0.3, -0.25) is 4.40 Å². The van der Waals surface area contributed by atoms with E-state index in [0.717, 1.165) is 52.3 Å². The average Bonchev–Trinajstić information content (AvgIpc) is 3.47. The summed E-state index contributed by atoms with van der Waals surface area (Å²) in [6.45, 7) is 15.7. The number of pyridine rings is 1. The lowest BCUT2D eigenvalue weighted by molar-refractivity contribution is -0.164. The Kier molecular flexibility index (Phi) is 9.61. The minimum Gasteiger partial charge on any atom is -0.490 e. The molecule has 0 spiro atoms. The lowest BCUT2D eigenvalue weighted by Gasteiger charge is -2.41. The Labute approximate surface area is 288 Å². The molecule has 0 N–H and O–H groups in total. The van der Waals surface area contributed by atoms with Crippen LogP contribution in [0.2, 0.25) is 0 Å². The Bertz CT molecular complexity index is 1880. The van der Waals surface area contributed by atoms with Gasteiger partial charge in [-0.15, -0.1) is 0 Å². The normalized spacial score (nSPS) is 21.2. The summed E-state index contributed by atoms with van der Waals surface area (Å²) < 4.78 is 41.8. The zero-order valence-electron chi connectivity index (χ0n) is 29.9. The summed E-state index contributed by atoms with van der Waals surface area (Å²) in [4.78, 5) is 20.8. The Morgan fingerprint density at radius 3 is 2.51 bits per heavy atom. The van der Waals surface area contributed by atoms with E-state index in [9.17, 15) is 4.79 Å². The molecule has 9 heteroatoms. The molecule has 0 unspecified atom stereocenters. The van der Waals surface area contributed by atoms with Crippen LogP contribution in [-0.2, 0) is 19.0 Å². The van der Waals surface area contributed by atoms with Crippen molar-refractivity contribution in [2.75, 3.05) is 31.7 Å². The van der Waals surface area contributed by atoms with E-state index in [1.807, 2.05) is 71.1 Å². The maximum Gasteiger partial charge on any atom is 0.339 e. The highest BCUT2D eigenvalue weighted by molar-refractivity contribution is 5.82. The molecule has 0 amide bonds. The van der Waals surface area contributed by atoms with E-state index in [4.69, 9.17) is 23.9 Å². The van der Waals surface area contributed by atoms with Crippen molar-refractivity contribution in [1.82, 2.24) is 9.38 Å². The van der Waals surface area contributed by atoms with Gasteiger partial charge in [0.1, 0.15) is 23.0 Å². The van der Waals surface area contributed by atoms with Crippen LogP contribution in [0.15, 0.2) is 60.8 Å². The standard InChI is InChI=1S/C40H48FN3O5/c1-25-20-33-30(23-31(25)41)28-13-11-14-29(22-28)32-24-44-34(42-32)21-26(2)35(36(38(45)46-8)49-39(4,5)6)37(44)43-17-15-40(7,16-18-43)47-19-10-9-12-27(3)48-33/h9-11,13-14,20-24,27,36H,12,15-19H2,1-8H3/b10-9-/t27-,36-/m0/s1. The van der Waals surface area contributed by atoms with E-state index in [0.29, 0.717) is 43.0 Å². The first-order valence-corrected chi connectivity index (χ1v) is 17.1. The molecule has 4 aromatic rings. The average molecular weight is 670 g/mol. The van der Waals surface area contributed by atoms with Gasteiger partial charge in [-0.1, -0.05) is 30.4 Å². The summed E-state index contributed by atoms with van der Waals surface area (Å²) in [6, 6.07) is 13.3. The summed E-state index contributed by atoms with van der Waals surface area (Å²) in [5.74, 6) is 0.738. The molecule has 8 nitrogen and oxygen atoms in total. The number of benzene rings is 2. The summed E-state index contributed by atoms with van der Waals surface area (Å²) >= 11 is 0. The molecule has 7 rings (SSSR count). The number of hydrogen-bond donors (Lipinski definition) is 0. The molecule has 6 bridgehead atoms. The molecule has 3 aliphatic heterocycles. The van der Waals surface area contributed by atoms with Crippen LogP contribution in [0.3, 0.4) is 0 Å². The number of anilines is 1. The van der Waals surface area contributed by atoms with Crippen LogP contribution in [-0.4, -0.2) is 59.5 Å². The van der Waals surface area contributed by atoms with Gasteiger partial charge in [0.2, 0.25) is 0 Å². The summed E-state index contributed by atoms with van der Waals surface area (Å²) in [5, 5.41) is 0. The van der Waals surface area contributed by atoms with Gasteiger partial charge in [0.25, 0.3) is 0 Å². The second-order valence-electron chi connectivity index (χ2n) is 14.6. The first-order chi connectivity index (χ1) is 23.2. The number of nitrogens with zero attached hydrogens (tertiary/aromatic N) is 3. The quantitative estimate of drug-likeness (QED) is 0.160. The minimum absolute atomic E-state index is 0.127. The lowest BCUT2D eigenvalue weighted by Crippen LogP contribution is -2.45. The SMILES string of the molecule is COC(=O)[C@@H](OC(C)(C)C)c1c(C)cc2nc3cn2c1N1CCC(C)(CC1)OC/C=C\C[C@H](C)Oc1cc(C)c(F)cc1-c1cccc-3c1. The number of imidazole rings is 1. The van der Waals surface area contributed by atoms with Crippen LogP contribution in [0.5, 0.6) is 5.75 Å². The maximum atomic E-state index is 15.0. The van der Waals surface area contributed by atoms with Gasteiger partial charge in [0, 0.05) is 42.4 Å². The fourth-order valence-corrected chi connectivity index (χ4v) is 6.74. The molecule has 3 aliphatic rings.